The van der Waals surface area contributed by atoms with Crippen LogP contribution < -0.4 is 10.6 Å². The van der Waals surface area contributed by atoms with Crippen LogP contribution in [0.4, 0.5) is 9.93 Å². The van der Waals surface area contributed by atoms with E-state index in [0.717, 1.165) is 29.4 Å². The summed E-state index contributed by atoms with van der Waals surface area (Å²) in [5, 5.41) is 8.75. The van der Waals surface area contributed by atoms with Gasteiger partial charge >= 0.3 is 6.09 Å². The van der Waals surface area contributed by atoms with Gasteiger partial charge in [0.1, 0.15) is 12.3 Å². The van der Waals surface area contributed by atoms with Gasteiger partial charge in [0.05, 0.1) is 11.2 Å². The van der Waals surface area contributed by atoms with Crippen LogP contribution in [0.2, 0.25) is 0 Å². The molecule has 1 aliphatic rings. The number of anilines is 1. The fourth-order valence-corrected chi connectivity index (χ4v) is 4.93. The second kappa shape index (κ2) is 10.5. The average molecular weight is 537 g/mol. The molecule has 2 heterocycles. The summed E-state index contributed by atoms with van der Waals surface area (Å²) >= 11 is 1.28. The van der Waals surface area contributed by atoms with Gasteiger partial charge in [-0.3, -0.25) is 14.9 Å². The summed E-state index contributed by atoms with van der Waals surface area (Å²) in [6.45, 7) is 0.0874. The minimum absolute atomic E-state index is 0.0760. The zero-order valence-corrected chi connectivity index (χ0v) is 21.6. The Kier molecular flexibility index (Phi) is 6.64. The molecule has 8 nitrogen and oxygen atoms in total. The molecule has 5 aromatic rings. The molecule has 2 N–H and O–H groups in total. The number of benzene rings is 3. The highest BCUT2D eigenvalue weighted by atomic mass is 32.1. The van der Waals surface area contributed by atoms with Crippen LogP contribution in [0.15, 0.2) is 90.3 Å². The summed E-state index contributed by atoms with van der Waals surface area (Å²) in [7, 11) is 0. The lowest BCUT2D eigenvalue weighted by Gasteiger charge is -2.10. The lowest BCUT2D eigenvalue weighted by Crippen LogP contribution is -2.25. The van der Waals surface area contributed by atoms with Gasteiger partial charge in [-0.15, -0.1) is 11.3 Å². The fourth-order valence-electron chi connectivity index (χ4n) is 4.22. The zero-order valence-electron chi connectivity index (χ0n) is 20.8. The van der Waals surface area contributed by atoms with E-state index in [-0.39, 0.29) is 18.2 Å². The monoisotopic (exact) mass is 536 g/mol. The molecule has 2 aromatic heterocycles. The standard InChI is InChI=1S/C30H24N4O4S/c35-27(31-23-14-15-23)21-12-10-20(11-13-21)24-18-39-29(32-24)33-28(36)26-16-22-8-4-5-9-25(22)34(26)30(37)38-17-19-6-2-1-3-7-19/h1-13,16,18,23H,14-15,17H2,(H,31,35)(H,32,33,36). The van der Waals surface area contributed by atoms with Gasteiger partial charge in [0.15, 0.2) is 5.13 Å². The molecule has 194 valence electrons. The molecular formula is C30H24N4O4S. The first-order valence-electron chi connectivity index (χ1n) is 12.5. The lowest BCUT2D eigenvalue weighted by molar-refractivity contribution is 0.0950. The van der Waals surface area contributed by atoms with Crippen LogP contribution in [0.5, 0.6) is 0 Å². The van der Waals surface area contributed by atoms with Gasteiger partial charge in [-0.05, 0) is 42.7 Å². The smallest absolute Gasteiger partial charge is 0.419 e. The Hall–Kier alpha value is -4.76. The van der Waals surface area contributed by atoms with E-state index < -0.39 is 12.0 Å². The largest absolute Gasteiger partial charge is 0.444 e. The molecule has 2 amide bonds. The molecule has 0 aliphatic heterocycles. The van der Waals surface area contributed by atoms with Gasteiger partial charge in [0.2, 0.25) is 0 Å². The van der Waals surface area contributed by atoms with Crippen LogP contribution in [0.1, 0.15) is 39.3 Å². The zero-order chi connectivity index (χ0) is 26.8. The predicted molar refractivity (Wildman–Crippen MR) is 150 cm³/mol. The quantitative estimate of drug-likeness (QED) is 0.262. The molecular weight excluding hydrogens is 512 g/mol. The van der Waals surface area contributed by atoms with Crippen LogP contribution in [-0.4, -0.2) is 33.5 Å². The van der Waals surface area contributed by atoms with E-state index in [1.165, 1.54) is 15.9 Å². The maximum atomic E-state index is 13.3. The third-order valence-electron chi connectivity index (χ3n) is 6.41. The van der Waals surface area contributed by atoms with Crippen LogP contribution in [0.3, 0.4) is 0 Å². The van der Waals surface area contributed by atoms with Crippen LogP contribution in [0.25, 0.3) is 22.2 Å². The number of carbonyl (C=O) groups is 3. The second-order valence-electron chi connectivity index (χ2n) is 9.28. The first kappa shape index (κ1) is 24.6. The molecule has 0 saturated heterocycles. The van der Waals surface area contributed by atoms with Crippen LogP contribution in [0, 0.1) is 0 Å². The van der Waals surface area contributed by atoms with Crippen molar-refractivity contribution in [2.24, 2.45) is 0 Å². The minimum atomic E-state index is -0.643. The van der Waals surface area contributed by atoms with Crippen molar-refractivity contribution in [3.05, 3.63) is 107 Å². The maximum Gasteiger partial charge on any atom is 0.419 e. The Balaban J connectivity index is 1.19. The van der Waals surface area contributed by atoms with Crippen molar-refractivity contribution in [2.45, 2.75) is 25.5 Å². The summed E-state index contributed by atoms with van der Waals surface area (Å²) in [4.78, 5) is 43.2. The van der Waals surface area contributed by atoms with E-state index in [0.29, 0.717) is 27.9 Å². The second-order valence-corrected chi connectivity index (χ2v) is 10.1. The van der Waals surface area contributed by atoms with E-state index in [4.69, 9.17) is 4.74 Å². The normalized spacial score (nSPS) is 12.7. The van der Waals surface area contributed by atoms with Crippen molar-refractivity contribution < 1.29 is 19.1 Å². The van der Waals surface area contributed by atoms with Gasteiger partial charge in [-0.25, -0.2) is 14.3 Å². The Bertz CT molecular complexity index is 1670. The molecule has 1 saturated carbocycles. The lowest BCUT2D eigenvalue weighted by atomic mass is 10.1. The molecule has 0 atom stereocenters. The third-order valence-corrected chi connectivity index (χ3v) is 7.17. The molecule has 0 spiro atoms. The highest BCUT2D eigenvalue weighted by molar-refractivity contribution is 7.14. The fraction of sp³-hybridized carbons (Fsp3) is 0.133. The summed E-state index contributed by atoms with van der Waals surface area (Å²) in [6, 6.07) is 25.8. The van der Waals surface area contributed by atoms with E-state index >= 15 is 0 Å². The van der Waals surface area contributed by atoms with Gasteiger partial charge < -0.3 is 10.1 Å². The first-order valence-corrected chi connectivity index (χ1v) is 13.4. The van der Waals surface area contributed by atoms with Crippen molar-refractivity contribution in [3.63, 3.8) is 0 Å². The molecule has 6 rings (SSSR count). The van der Waals surface area contributed by atoms with E-state index in [2.05, 4.69) is 15.6 Å². The Labute approximate surface area is 228 Å². The number of nitrogens with one attached hydrogen (secondary N) is 2. The van der Waals surface area contributed by atoms with Crippen molar-refractivity contribution in [1.82, 2.24) is 14.9 Å². The number of thiazole rings is 1. The number of carbonyl (C=O) groups excluding carboxylic acids is 3. The Morgan fingerprint density at radius 2 is 1.67 bits per heavy atom. The highest BCUT2D eigenvalue weighted by Gasteiger charge is 2.24. The van der Waals surface area contributed by atoms with Crippen molar-refractivity contribution in [1.29, 1.82) is 0 Å². The molecule has 3 aromatic carbocycles. The number of hydrogen-bond donors (Lipinski definition) is 2. The number of amides is 2. The van der Waals surface area contributed by atoms with Crippen LogP contribution >= 0.6 is 11.3 Å². The number of aromatic nitrogens is 2. The summed E-state index contributed by atoms with van der Waals surface area (Å²) in [6.07, 6.45) is 1.43. The topological polar surface area (TPSA) is 102 Å². The molecule has 39 heavy (non-hydrogen) atoms. The molecule has 1 fully saturated rings. The third kappa shape index (κ3) is 5.44. The van der Waals surface area contributed by atoms with Crippen molar-refractivity contribution >= 4 is 45.3 Å². The van der Waals surface area contributed by atoms with Crippen molar-refractivity contribution in [3.8, 4) is 11.3 Å². The van der Waals surface area contributed by atoms with E-state index in [9.17, 15) is 14.4 Å². The molecule has 0 bridgehead atoms. The Morgan fingerprint density at radius 1 is 0.923 bits per heavy atom. The SMILES string of the molecule is O=C(NC1CC1)c1ccc(-c2csc(NC(=O)c3cc4ccccc4n3C(=O)OCc3ccccc3)n2)cc1. The number of rotatable bonds is 7. The molecule has 0 radical (unpaired) electrons. The first-order chi connectivity index (χ1) is 19.0. The average Bonchev–Trinajstić information content (AvgIpc) is 3.51. The number of fused-ring (bicyclic) bond motifs is 1. The van der Waals surface area contributed by atoms with Gasteiger partial charge in [0.25, 0.3) is 11.8 Å². The van der Waals surface area contributed by atoms with Crippen molar-refractivity contribution in [2.75, 3.05) is 5.32 Å². The van der Waals surface area contributed by atoms with E-state index in [1.807, 2.05) is 60.0 Å². The van der Waals surface area contributed by atoms with Gasteiger partial charge in [-0.1, -0.05) is 60.7 Å². The summed E-state index contributed by atoms with van der Waals surface area (Å²) in [5.41, 5.74) is 3.67. The molecule has 0 unspecified atom stereocenters. The maximum absolute atomic E-state index is 13.3. The number of hydrogen-bond acceptors (Lipinski definition) is 6. The number of ether oxygens (including phenoxy) is 1. The van der Waals surface area contributed by atoms with E-state index in [1.54, 1.807) is 30.3 Å². The highest BCUT2D eigenvalue weighted by Crippen LogP contribution is 2.27. The minimum Gasteiger partial charge on any atom is -0.444 e. The molecule has 1 aliphatic carbocycles. The predicted octanol–water partition coefficient (Wildman–Crippen LogP) is 6.09. The number of para-hydroxylation sites is 1. The molecule has 9 heteroatoms. The van der Waals surface area contributed by atoms with Crippen LogP contribution in [-0.2, 0) is 11.3 Å². The summed E-state index contributed by atoms with van der Waals surface area (Å²) < 4.78 is 6.82. The Morgan fingerprint density at radius 3 is 2.44 bits per heavy atom. The van der Waals surface area contributed by atoms with Gasteiger partial charge in [0, 0.05) is 27.9 Å². The number of nitrogens with zero attached hydrogens (tertiary/aromatic N) is 2. The van der Waals surface area contributed by atoms with Gasteiger partial charge in [-0.2, -0.15) is 0 Å². The summed E-state index contributed by atoms with van der Waals surface area (Å²) in [5.74, 6) is -0.552.